The Morgan fingerprint density at radius 1 is 1.15 bits per heavy atom. The van der Waals surface area contributed by atoms with Crippen LogP contribution in [0.15, 0.2) is 40.7 Å². The second kappa shape index (κ2) is 10.8. The number of nitrogen functional groups attached to an aromatic ring is 2. The van der Waals surface area contributed by atoms with Gasteiger partial charge in [-0.15, -0.1) is 0 Å². The number of ether oxygens (including phenoxy) is 1. The molecule has 6 N–H and O–H groups in total. The molecule has 1 aromatic carbocycles. The van der Waals surface area contributed by atoms with E-state index < -0.39 is 5.78 Å². The van der Waals surface area contributed by atoms with Crippen molar-refractivity contribution in [1.29, 1.82) is 0 Å². The maximum atomic E-state index is 12.9. The van der Waals surface area contributed by atoms with Gasteiger partial charge in [0.15, 0.2) is 22.5 Å². The maximum absolute atomic E-state index is 12.9. The lowest BCUT2D eigenvalue weighted by Crippen LogP contribution is -2.53. The molecular formula is C25H28ClN9O4. The number of halogens is 1. The molecule has 0 unspecified atom stereocenters. The summed E-state index contributed by atoms with van der Waals surface area (Å²) in [6, 6.07) is 7.34. The highest BCUT2D eigenvalue weighted by molar-refractivity contribution is 6.31. The summed E-state index contributed by atoms with van der Waals surface area (Å²) in [4.78, 5) is 39.6. The summed E-state index contributed by atoms with van der Waals surface area (Å²) in [5.74, 6) is 1.63. The minimum absolute atomic E-state index is 0.0280. The third kappa shape index (κ3) is 5.72. The molecule has 204 valence electrons. The standard InChI is InChI=1S/C25H28ClN9O4/c1-38-15-4-2-14(3-5-15)24-30-18(39-34-24)6-7-19(37)35-10-8-25(9-11-35)13-29-17(33-25)12-16(36)20-22(27)32-23(28)21(26)31-20/h2-5,12,29,33H,6-11,13H2,1H3,(H4,27,28,32)/b17-12+. The van der Waals surface area contributed by atoms with E-state index in [4.69, 9.17) is 32.3 Å². The van der Waals surface area contributed by atoms with Gasteiger partial charge in [0.05, 0.1) is 12.6 Å². The van der Waals surface area contributed by atoms with Gasteiger partial charge in [0.1, 0.15) is 11.6 Å². The molecule has 2 fully saturated rings. The number of likely N-dealkylation sites (tertiary alicyclic amines) is 1. The van der Waals surface area contributed by atoms with E-state index in [1.807, 2.05) is 29.2 Å². The zero-order valence-electron chi connectivity index (χ0n) is 21.2. The largest absolute Gasteiger partial charge is 0.497 e. The van der Waals surface area contributed by atoms with Crippen molar-refractivity contribution < 1.29 is 18.8 Å². The van der Waals surface area contributed by atoms with E-state index >= 15 is 0 Å². The van der Waals surface area contributed by atoms with Gasteiger partial charge < -0.3 is 36.3 Å². The Bertz CT molecular complexity index is 1420. The van der Waals surface area contributed by atoms with Gasteiger partial charge in [0.2, 0.25) is 23.4 Å². The first-order valence-corrected chi connectivity index (χ1v) is 12.7. The van der Waals surface area contributed by atoms with Gasteiger partial charge >= 0.3 is 0 Å². The molecule has 2 saturated heterocycles. The van der Waals surface area contributed by atoms with Crippen LogP contribution in [0, 0.1) is 0 Å². The second-order valence-electron chi connectivity index (χ2n) is 9.44. The number of piperidine rings is 1. The summed E-state index contributed by atoms with van der Waals surface area (Å²) in [7, 11) is 1.60. The molecule has 1 amide bonds. The molecule has 3 aromatic rings. The van der Waals surface area contributed by atoms with Crippen molar-refractivity contribution in [2.75, 3.05) is 38.2 Å². The highest BCUT2D eigenvalue weighted by atomic mass is 35.5. The van der Waals surface area contributed by atoms with Gasteiger partial charge in [-0.25, -0.2) is 9.97 Å². The van der Waals surface area contributed by atoms with Gasteiger partial charge in [0.25, 0.3) is 0 Å². The normalized spacial score (nSPS) is 17.2. The average molecular weight is 554 g/mol. The number of methoxy groups -OCH3 is 1. The number of aromatic nitrogens is 4. The molecule has 0 atom stereocenters. The molecule has 0 bridgehead atoms. The molecule has 2 aliphatic heterocycles. The first-order valence-electron chi connectivity index (χ1n) is 12.4. The van der Waals surface area contributed by atoms with E-state index in [1.165, 1.54) is 6.08 Å². The van der Waals surface area contributed by atoms with E-state index in [0.29, 0.717) is 43.6 Å². The third-order valence-electron chi connectivity index (χ3n) is 6.87. The average Bonchev–Trinajstić information content (AvgIpc) is 3.57. The van der Waals surface area contributed by atoms with Crippen molar-refractivity contribution >= 4 is 34.9 Å². The van der Waals surface area contributed by atoms with Crippen molar-refractivity contribution in [3.8, 4) is 17.1 Å². The van der Waals surface area contributed by atoms with E-state index in [1.54, 1.807) is 7.11 Å². The number of nitrogens with one attached hydrogen (secondary N) is 2. The molecule has 0 radical (unpaired) electrons. The molecule has 5 rings (SSSR count). The molecule has 14 heteroatoms. The third-order valence-corrected chi connectivity index (χ3v) is 7.15. The Kier molecular flexibility index (Phi) is 7.24. The number of aryl methyl sites for hydroxylation is 1. The Morgan fingerprint density at radius 3 is 2.62 bits per heavy atom. The lowest BCUT2D eigenvalue weighted by atomic mass is 9.88. The molecule has 39 heavy (non-hydrogen) atoms. The number of nitrogens with two attached hydrogens (primary N) is 2. The van der Waals surface area contributed by atoms with Gasteiger partial charge in [-0.3, -0.25) is 9.59 Å². The van der Waals surface area contributed by atoms with Crippen LogP contribution in [-0.2, 0) is 11.2 Å². The number of nitrogens with zero attached hydrogens (tertiary/aromatic N) is 5. The van der Waals surface area contributed by atoms with Crippen LogP contribution >= 0.6 is 11.6 Å². The van der Waals surface area contributed by atoms with E-state index in [-0.39, 0.29) is 40.3 Å². The fourth-order valence-corrected chi connectivity index (χ4v) is 4.75. The van der Waals surface area contributed by atoms with Crippen LogP contribution in [0.4, 0.5) is 11.6 Å². The zero-order valence-corrected chi connectivity index (χ0v) is 22.0. The van der Waals surface area contributed by atoms with Crippen molar-refractivity contribution in [3.63, 3.8) is 0 Å². The molecule has 2 aliphatic rings. The van der Waals surface area contributed by atoms with E-state index in [9.17, 15) is 9.59 Å². The van der Waals surface area contributed by atoms with Crippen LogP contribution < -0.4 is 26.8 Å². The number of carbonyl (C=O) groups is 2. The van der Waals surface area contributed by atoms with Crippen LogP contribution in [0.25, 0.3) is 11.4 Å². The topological polar surface area (TPSA) is 187 Å². The van der Waals surface area contributed by atoms with Crippen molar-refractivity contribution in [3.05, 3.63) is 52.9 Å². The Balaban J connectivity index is 1.12. The minimum Gasteiger partial charge on any atom is -0.497 e. The Morgan fingerprint density at radius 2 is 1.90 bits per heavy atom. The number of benzene rings is 1. The van der Waals surface area contributed by atoms with Gasteiger partial charge in [-0.05, 0) is 37.1 Å². The summed E-state index contributed by atoms with van der Waals surface area (Å²) in [6.45, 7) is 1.79. The number of carbonyl (C=O) groups excluding carboxylic acids is 2. The number of amides is 1. The molecule has 13 nitrogen and oxygen atoms in total. The number of rotatable bonds is 7. The summed E-state index contributed by atoms with van der Waals surface area (Å²) < 4.78 is 10.5. The van der Waals surface area contributed by atoms with Gasteiger partial charge in [-0.1, -0.05) is 16.8 Å². The first-order chi connectivity index (χ1) is 18.7. The minimum atomic E-state index is -0.447. The Hall–Kier alpha value is -4.39. The van der Waals surface area contributed by atoms with E-state index in [2.05, 4.69) is 30.7 Å². The summed E-state index contributed by atoms with van der Waals surface area (Å²) >= 11 is 5.89. The molecule has 0 saturated carbocycles. The number of anilines is 2. The Labute approximate surface area is 228 Å². The first kappa shape index (κ1) is 26.2. The van der Waals surface area contributed by atoms with Crippen LogP contribution in [0.3, 0.4) is 0 Å². The summed E-state index contributed by atoms with van der Waals surface area (Å²) in [5.41, 5.74) is 11.8. The summed E-state index contributed by atoms with van der Waals surface area (Å²) in [6.07, 6.45) is 3.45. The fourth-order valence-electron chi connectivity index (χ4n) is 4.62. The van der Waals surface area contributed by atoms with Crippen molar-refractivity contribution in [1.82, 2.24) is 35.6 Å². The lowest BCUT2D eigenvalue weighted by molar-refractivity contribution is -0.132. The molecular weight excluding hydrogens is 526 g/mol. The fraction of sp³-hybridized carbons (Fsp3) is 0.360. The predicted octanol–water partition coefficient (Wildman–Crippen LogP) is 1.56. The van der Waals surface area contributed by atoms with Crippen LogP contribution in [0.5, 0.6) is 5.75 Å². The van der Waals surface area contributed by atoms with Crippen LogP contribution in [0.1, 0.15) is 35.6 Å². The van der Waals surface area contributed by atoms with E-state index in [0.717, 1.165) is 24.2 Å². The highest BCUT2D eigenvalue weighted by Crippen LogP contribution is 2.28. The molecule has 4 heterocycles. The predicted molar refractivity (Wildman–Crippen MR) is 143 cm³/mol. The smallest absolute Gasteiger partial charge is 0.227 e. The van der Waals surface area contributed by atoms with Gasteiger partial charge in [-0.2, -0.15) is 4.98 Å². The monoisotopic (exact) mass is 553 g/mol. The molecule has 0 aliphatic carbocycles. The number of hydrogen-bond acceptors (Lipinski definition) is 12. The van der Waals surface area contributed by atoms with Gasteiger partial charge in [0, 0.05) is 44.1 Å². The number of allylic oxidation sites excluding steroid dienone is 1. The summed E-state index contributed by atoms with van der Waals surface area (Å²) in [5, 5.41) is 10.6. The molecule has 2 aromatic heterocycles. The van der Waals surface area contributed by atoms with Crippen molar-refractivity contribution in [2.45, 2.75) is 31.2 Å². The van der Waals surface area contributed by atoms with Crippen LogP contribution in [-0.4, -0.2) is 69.0 Å². The molecule has 1 spiro atoms. The quantitative estimate of drug-likeness (QED) is 0.244. The number of hydrogen-bond donors (Lipinski definition) is 4. The van der Waals surface area contributed by atoms with Crippen LogP contribution in [0.2, 0.25) is 5.15 Å². The zero-order chi connectivity index (χ0) is 27.6. The number of ketones is 1. The van der Waals surface area contributed by atoms with Crippen molar-refractivity contribution in [2.24, 2.45) is 0 Å². The SMILES string of the molecule is COc1ccc(-c2noc(CCC(=O)N3CCC4(CC3)CN/C(=C\C(=O)c3nc(Cl)c(N)nc3N)N4)n2)cc1. The lowest BCUT2D eigenvalue weighted by Gasteiger charge is -2.38. The maximum Gasteiger partial charge on any atom is 0.227 e. The highest BCUT2D eigenvalue weighted by Gasteiger charge is 2.40. The second-order valence-corrected chi connectivity index (χ2v) is 9.79.